The van der Waals surface area contributed by atoms with E-state index in [0.717, 1.165) is 64.6 Å². The Morgan fingerprint density at radius 1 is 1.16 bits per heavy atom. The Labute approximate surface area is 210 Å². The first-order valence-corrected chi connectivity index (χ1v) is 11.6. The maximum atomic E-state index is 12.8. The number of guanidine groups is 1. The summed E-state index contributed by atoms with van der Waals surface area (Å²) in [4.78, 5) is 26.6. The first-order chi connectivity index (χ1) is 14.9. The van der Waals surface area contributed by atoms with Crippen LogP contribution in [0, 0.1) is 0 Å². The number of aliphatic imine (C=N–C) groups is 1. The third-order valence-corrected chi connectivity index (χ3v) is 6.42. The average molecular weight is 561 g/mol. The SMILES string of the molecule is CCNC(=NCC(c1cnn(C)c1)N(C)C)N1CCN(C(C)C(=O)N2CCCC2)CC1.I. The minimum atomic E-state index is -0.0384. The Morgan fingerprint density at radius 2 is 1.81 bits per heavy atom. The minimum absolute atomic E-state index is 0. The van der Waals surface area contributed by atoms with Crippen molar-refractivity contribution in [2.75, 3.05) is 66.5 Å². The normalized spacial score (nSPS) is 19.8. The highest BCUT2D eigenvalue weighted by molar-refractivity contribution is 14.0. The molecule has 2 atom stereocenters. The van der Waals surface area contributed by atoms with Crippen LogP contribution in [-0.2, 0) is 11.8 Å². The zero-order chi connectivity index (χ0) is 22.4. The Bertz CT molecular complexity index is 738. The Kier molecular flexibility index (Phi) is 10.7. The number of halogens is 1. The van der Waals surface area contributed by atoms with Gasteiger partial charge in [0.1, 0.15) is 0 Å². The molecule has 2 fully saturated rings. The van der Waals surface area contributed by atoms with Gasteiger partial charge < -0.3 is 20.0 Å². The van der Waals surface area contributed by atoms with E-state index in [1.54, 1.807) is 0 Å². The number of nitrogens with zero attached hydrogens (tertiary/aromatic N) is 7. The number of piperazine rings is 1. The standard InChI is InChI=1S/C22H40N8O.HI/c1-6-23-22(24-16-20(26(3)4)19-15-25-27(5)17-19)30-13-11-28(12-14-30)18(2)21(31)29-9-7-8-10-29;/h15,17-18,20H,6-14,16H2,1-5H3,(H,23,24);1H. The number of hydrogen-bond acceptors (Lipinski definition) is 5. The summed E-state index contributed by atoms with van der Waals surface area (Å²) in [5.41, 5.74) is 1.17. The van der Waals surface area contributed by atoms with E-state index in [2.05, 4.69) is 59.3 Å². The van der Waals surface area contributed by atoms with E-state index < -0.39 is 0 Å². The molecule has 2 unspecified atom stereocenters. The maximum Gasteiger partial charge on any atom is 0.239 e. The first-order valence-electron chi connectivity index (χ1n) is 11.6. The molecule has 0 saturated carbocycles. The summed E-state index contributed by atoms with van der Waals surface area (Å²) in [6.45, 7) is 11.0. The maximum absolute atomic E-state index is 12.8. The van der Waals surface area contributed by atoms with Crippen molar-refractivity contribution in [1.29, 1.82) is 0 Å². The smallest absolute Gasteiger partial charge is 0.239 e. The zero-order valence-corrected chi connectivity index (χ0v) is 22.7. The van der Waals surface area contributed by atoms with Crippen molar-refractivity contribution in [2.45, 2.75) is 38.8 Å². The molecule has 3 heterocycles. The van der Waals surface area contributed by atoms with Crippen LogP contribution in [0.5, 0.6) is 0 Å². The lowest BCUT2D eigenvalue weighted by Gasteiger charge is -2.39. The van der Waals surface area contributed by atoms with E-state index in [4.69, 9.17) is 4.99 Å². The predicted molar refractivity (Wildman–Crippen MR) is 139 cm³/mol. The highest BCUT2D eigenvalue weighted by Gasteiger charge is 2.30. The van der Waals surface area contributed by atoms with Crippen molar-refractivity contribution in [3.63, 3.8) is 0 Å². The van der Waals surface area contributed by atoms with Crippen LogP contribution in [0.4, 0.5) is 0 Å². The van der Waals surface area contributed by atoms with Crippen LogP contribution in [0.1, 0.15) is 38.3 Å². The molecule has 182 valence electrons. The molecule has 32 heavy (non-hydrogen) atoms. The lowest BCUT2D eigenvalue weighted by Crippen LogP contribution is -2.57. The highest BCUT2D eigenvalue weighted by atomic mass is 127. The molecular weight excluding hydrogens is 519 g/mol. The number of likely N-dealkylation sites (N-methyl/N-ethyl adjacent to an activating group) is 1. The van der Waals surface area contributed by atoms with Gasteiger partial charge in [0.15, 0.2) is 5.96 Å². The molecule has 0 aliphatic carbocycles. The fraction of sp³-hybridized carbons (Fsp3) is 0.773. The second-order valence-electron chi connectivity index (χ2n) is 8.85. The van der Waals surface area contributed by atoms with Gasteiger partial charge in [0, 0.05) is 64.6 Å². The quantitative estimate of drug-likeness (QED) is 0.308. The molecule has 0 aromatic carbocycles. The van der Waals surface area contributed by atoms with Crippen molar-refractivity contribution >= 4 is 35.8 Å². The molecule has 1 aromatic heterocycles. The van der Waals surface area contributed by atoms with Crippen LogP contribution < -0.4 is 5.32 Å². The number of likely N-dealkylation sites (tertiary alicyclic amines) is 1. The molecule has 0 bridgehead atoms. The summed E-state index contributed by atoms with van der Waals surface area (Å²) in [5.74, 6) is 1.24. The molecule has 2 aliphatic rings. The molecule has 0 spiro atoms. The fourth-order valence-electron chi connectivity index (χ4n) is 4.46. The van der Waals surface area contributed by atoms with Gasteiger partial charge >= 0.3 is 0 Å². The third-order valence-electron chi connectivity index (χ3n) is 6.42. The first kappa shape index (κ1) is 26.8. The average Bonchev–Trinajstić information content (AvgIpc) is 3.44. The Balaban J connectivity index is 0.00000363. The van der Waals surface area contributed by atoms with Gasteiger partial charge in [0.05, 0.1) is 24.8 Å². The fourth-order valence-corrected chi connectivity index (χ4v) is 4.46. The monoisotopic (exact) mass is 560 g/mol. The molecule has 1 aromatic rings. The molecule has 9 nitrogen and oxygen atoms in total. The van der Waals surface area contributed by atoms with Crippen molar-refractivity contribution < 1.29 is 4.79 Å². The van der Waals surface area contributed by atoms with Gasteiger partial charge in [-0.05, 0) is 40.8 Å². The van der Waals surface area contributed by atoms with E-state index in [0.29, 0.717) is 6.54 Å². The second kappa shape index (κ2) is 12.7. The van der Waals surface area contributed by atoms with Gasteiger partial charge in [-0.3, -0.25) is 19.4 Å². The van der Waals surface area contributed by atoms with Crippen molar-refractivity contribution in [2.24, 2.45) is 12.0 Å². The molecule has 0 radical (unpaired) electrons. The number of amides is 1. The molecule has 3 rings (SSSR count). The Morgan fingerprint density at radius 3 is 2.34 bits per heavy atom. The molecule has 2 saturated heterocycles. The van der Waals surface area contributed by atoms with Gasteiger partial charge in [0.25, 0.3) is 0 Å². The van der Waals surface area contributed by atoms with Crippen molar-refractivity contribution in [3.05, 3.63) is 18.0 Å². The number of aryl methyl sites for hydroxylation is 1. The third kappa shape index (κ3) is 6.80. The van der Waals surface area contributed by atoms with Crippen molar-refractivity contribution in [3.8, 4) is 0 Å². The number of rotatable bonds is 7. The van der Waals surface area contributed by atoms with Gasteiger partial charge in [-0.1, -0.05) is 0 Å². The highest BCUT2D eigenvalue weighted by Crippen LogP contribution is 2.18. The second-order valence-corrected chi connectivity index (χ2v) is 8.85. The molecule has 1 amide bonds. The van der Waals surface area contributed by atoms with Crippen LogP contribution >= 0.6 is 24.0 Å². The van der Waals surface area contributed by atoms with E-state index in [1.165, 1.54) is 5.56 Å². The van der Waals surface area contributed by atoms with Crippen LogP contribution in [0.25, 0.3) is 0 Å². The minimum Gasteiger partial charge on any atom is -0.357 e. The van der Waals surface area contributed by atoms with Gasteiger partial charge in [-0.25, -0.2) is 0 Å². The summed E-state index contributed by atoms with van der Waals surface area (Å²) in [7, 11) is 6.10. The van der Waals surface area contributed by atoms with E-state index in [9.17, 15) is 4.79 Å². The number of nitrogens with one attached hydrogen (secondary N) is 1. The van der Waals surface area contributed by atoms with Crippen LogP contribution in [0.2, 0.25) is 0 Å². The van der Waals surface area contributed by atoms with Crippen molar-refractivity contribution in [1.82, 2.24) is 34.7 Å². The number of aromatic nitrogens is 2. The summed E-state index contributed by atoms with van der Waals surface area (Å²) < 4.78 is 1.84. The zero-order valence-electron chi connectivity index (χ0n) is 20.3. The van der Waals surface area contributed by atoms with E-state index >= 15 is 0 Å². The van der Waals surface area contributed by atoms with Gasteiger partial charge in [-0.2, -0.15) is 5.10 Å². The number of carbonyl (C=O) groups is 1. The summed E-state index contributed by atoms with van der Waals surface area (Å²) in [6.07, 6.45) is 6.26. The summed E-state index contributed by atoms with van der Waals surface area (Å²) >= 11 is 0. The van der Waals surface area contributed by atoms with Gasteiger partial charge in [0.2, 0.25) is 5.91 Å². The number of hydrogen-bond donors (Lipinski definition) is 1. The molecule has 2 aliphatic heterocycles. The largest absolute Gasteiger partial charge is 0.357 e. The van der Waals surface area contributed by atoms with Crippen LogP contribution in [0.15, 0.2) is 17.4 Å². The van der Waals surface area contributed by atoms with E-state index in [-0.39, 0.29) is 42.0 Å². The molecule has 1 N–H and O–H groups in total. The summed E-state index contributed by atoms with van der Waals surface area (Å²) in [5, 5.41) is 7.78. The summed E-state index contributed by atoms with van der Waals surface area (Å²) in [6, 6.07) is 0.144. The lowest BCUT2D eigenvalue weighted by atomic mass is 10.1. The van der Waals surface area contributed by atoms with Crippen LogP contribution in [-0.4, -0.2) is 114 Å². The van der Waals surface area contributed by atoms with Gasteiger partial charge in [-0.15, -0.1) is 24.0 Å². The number of carbonyl (C=O) groups excluding carboxylic acids is 1. The predicted octanol–water partition coefficient (Wildman–Crippen LogP) is 1.23. The topological polar surface area (TPSA) is 72.2 Å². The van der Waals surface area contributed by atoms with Crippen LogP contribution in [0.3, 0.4) is 0 Å². The van der Waals surface area contributed by atoms with E-state index in [1.807, 2.05) is 22.8 Å². The lowest BCUT2D eigenvalue weighted by molar-refractivity contribution is -0.135. The molecule has 10 heteroatoms. The molecular formula is C22H41IN8O. The Hall–Kier alpha value is -1.40.